The van der Waals surface area contributed by atoms with Crippen molar-refractivity contribution in [3.63, 3.8) is 0 Å². The number of nitrogens with two attached hydrogens (primary N) is 1. The number of thioether (sulfide) groups is 1. The van der Waals surface area contributed by atoms with Gasteiger partial charge < -0.3 is 15.4 Å². The maximum atomic E-state index is 11.8. The quantitative estimate of drug-likeness (QED) is 0.776. The minimum Gasteiger partial charge on any atom is -0.468 e. The number of rotatable bonds is 5. The molecule has 2 fully saturated rings. The first-order valence-electron chi connectivity index (χ1n) is 8.68. The van der Waals surface area contributed by atoms with Gasteiger partial charge in [-0.1, -0.05) is 19.3 Å². The summed E-state index contributed by atoms with van der Waals surface area (Å²) in [7, 11) is 1.34. The van der Waals surface area contributed by atoms with Gasteiger partial charge in [-0.25, -0.2) is 0 Å². The lowest BCUT2D eigenvalue weighted by atomic mass is 9.87. The topological polar surface area (TPSA) is 72.6 Å². The fraction of sp³-hybridized carbons (Fsp3) is 0.882. The van der Waals surface area contributed by atoms with Crippen molar-refractivity contribution >= 4 is 23.6 Å². The molecule has 6 heteroatoms. The lowest BCUT2D eigenvalue weighted by Gasteiger charge is -2.23. The summed E-state index contributed by atoms with van der Waals surface area (Å²) >= 11 is 1.53. The van der Waals surface area contributed by atoms with Crippen LogP contribution in [0.25, 0.3) is 0 Å². The van der Waals surface area contributed by atoms with Crippen molar-refractivity contribution in [2.45, 2.75) is 57.4 Å². The standard InChI is InChI=1S/C12H21NO.C5H11NO2S/c14-12(13-8-4-5-9-13)10-11-6-2-1-3-7-11;1-8-5(7)4(6)3-9-2/h11H,1-10H2;4H,3,6H2,1-2H3/t;4-/m.0/s1. The molecule has 0 bridgehead atoms. The van der Waals surface area contributed by atoms with E-state index in [9.17, 15) is 9.59 Å². The number of carbonyl (C=O) groups is 2. The average Bonchev–Trinajstić information content (AvgIpc) is 3.10. The van der Waals surface area contributed by atoms with E-state index in [4.69, 9.17) is 5.73 Å². The third-order valence-corrected chi connectivity index (χ3v) is 5.19. The fourth-order valence-electron chi connectivity index (χ4n) is 3.13. The number of nitrogens with zero attached hydrogens (tertiary/aromatic N) is 1. The molecule has 0 aromatic rings. The number of ether oxygens (including phenoxy) is 1. The zero-order chi connectivity index (χ0) is 17.1. The molecule has 1 aliphatic heterocycles. The molecule has 1 aliphatic carbocycles. The third kappa shape index (κ3) is 8.06. The van der Waals surface area contributed by atoms with Crippen molar-refractivity contribution in [2.24, 2.45) is 11.7 Å². The zero-order valence-corrected chi connectivity index (χ0v) is 15.4. The van der Waals surface area contributed by atoms with Gasteiger partial charge in [0.1, 0.15) is 6.04 Å². The van der Waals surface area contributed by atoms with E-state index in [1.54, 1.807) is 0 Å². The molecule has 134 valence electrons. The highest BCUT2D eigenvalue weighted by Gasteiger charge is 2.22. The summed E-state index contributed by atoms with van der Waals surface area (Å²) in [6.45, 7) is 2.04. The van der Waals surface area contributed by atoms with Gasteiger partial charge in [0, 0.05) is 25.3 Å². The van der Waals surface area contributed by atoms with Crippen LogP contribution in [0.1, 0.15) is 51.4 Å². The molecule has 1 atom stereocenters. The van der Waals surface area contributed by atoms with Crippen molar-refractivity contribution in [1.29, 1.82) is 0 Å². The van der Waals surface area contributed by atoms with E-state index in [1.165, 1.54) is 63.8 Å². The maximum absolute atomic E-state index is 11.8. The third-order valence-electron chi connectivity index (χ3n) is 4.50. The van der Waals surface area contributed by atoms with Crippen molar-refractivity contribution in [1.82, 2.24) is 4.90 Å². The Labute approximate surface area is 144 Å². The van der Waals surface area contributed by atoms with Crippen LogP contribution < -0.4 is 5.73 Å². The zero-order valence-electron chi connectivity index (χ0n) is 14.6. The monoisotopic (exact) mass is 344 g/mol. The second-order valence-electron chi connectivity index (χ2n) is 6.38. The Kier molecular flexibility index (Phi) is 10.4. The van der Waals surface area contributed by atoms with E-state index in [0.29, 0.717) is 17.6 Å². The molecular weight excluding hydrogens is 312 g/mol. The van der Waals surface area contributed by atoms with E-state index in [2.05, 4.69) is 9.64 Å². The summed E-state index contributed by atoms with van der Waals surface area (Å²) in [6.07, 6.45) is 11.8. The molecule has 1 amide bonds. The van der Waals surface area contributed by atoms with Gasteiger partial charge in [0.2, 0.25) is 5.91 Å². The van der Waals surface area contributed by atoms with Crippen LogP contribution in [0.5, 0.6) is 0 Å². The molecule has 23 heavy (non-hydrogen) atoms. The first-order valence-corrected chi connectivity index (χ1v) is 10.1. The maximum Gasteiger partial charge on any atom is 0.323 e. The molecule has 2 N–H and O–H groups in total. The van der Waals surface area contributed by atoms with Crippen LogP contribution >= 0.6 is 11.8 Å². The van der Waals surface area contributed by atoms with Gasteiger partial charge in [0.15, 0.2) is 0 Å². The lowest BCUT2D eigenvalue weighted by molar-refractivity contribution is -0.141. The Morgan fingerprint density at radius 3 is 2.30 bits per heavy atom. The molecule has 1 saturated carbocycles. The number of hydrogen-bond acceptors (Lipinski definition) is 5. The molecule has 0 radical (unpaired) electrons. The molecule has 0 spiro atoms. The van der Waals surface area contributed by atoms with Crippen LogP contribution in [0, 0.1) is 5.92 Å². The second kappa shape index (κ2) is 11.7. The van der Waals surface area contributed by atoms with Crippen LogP contribution in [-0.2, 0) is 14.3 Å². The summed E-state index contributed by atoms with van der Waals surface area (Å²) in [5.74, 6) is 1.41. The number of hydrogen-bond donors (Lipinski definition) is 1. The van der Waals surface area contributed by atoms with Gasteiger partial charge in [-0.3, -0.25) is 9.59 Å². The molecule has 1 heterocycles. The summed E-state index contributed by atoms with van der Waals surface area (Å²) in [4.78, 5) is 24.4. The predicted molar refractivity (Wildman–Crippen MR) is 95.4 cm³/mol. The second-order valence-corrected chi connectivity index (χ2v) is 7.29. The number of carbonyl (C=O) groups excluding carboxylic acids is 2. The minimum absolute atomic E-state index is 0.343. The summed E-state index contributed by atoms with van der Waals surface area (Å²) < 4.78 is 4.39. The summed E-state index contributed by atoms with van der Waals surface area (Å²) in [5, 5.41) is 0. The van der Waals surface area contributed by atoms with Gasteiger partial charge in [-0.2, -0.15) is 11.8 Å². The normalized spacial score (nSPS) is 19.7. The molecule has 0 aromatic heterocycles. The lowest BCUT2D eigenvalue weighted by Crippen LogP contribution is -2.33. The largest absolute Gasteiger partial charge is 0.468 e. The highest BCUT2D eigenvalue weighted by Crippen LogP contribution is 2.27. The van der Waals surface area contributed by atoms with Gasteiger partial charge in [-0.15, -0.1) is 0 Å². The van der Waals surface area contributed by atoms with Gasteiger partial charge in [0.05, 0.1) is 7.11 Å². The number of esters is 1. The van der Waals surface area contributed by atoms with Crippen molar-refractivity contribution in [2.75, 3.05) is 32.2 Å². The summed E-state index contributed by atoms with van der Waals surface area (Å²) in [5.41, 5.74) is 5.34. The molecule has 0 unspecified atom stereocenters. The average molecular weight is 345 g/mol. The Balaban J connectivity index is 0.000000257. The molecule has 0 aromatic carbocycles. The minimum atomic E-state index is -0.468. The Morgan fingerprint density at radius 1 is 1.17 bits per heavy atom. The van der Waals surface area contributed by atoms with Crippen molar-refractivity contribution < 1.29 is 14.3 Å². The smallest absolute Gasteiger partial charge is 0.323 e. The van der Waals surface area contributed by atoms with Crippen molar-refractivity contribution in [3.05, 3.63) is 0 Å². The first-order chi connectivity index (χ1) is 11.1. The Bertz CT molecular complexity index is 354. The van der Waals surface area contributed by atoms with Gasteiger partial charge in [0.25, 0.3) is 0 Å². The van der Waals surface area contributed by atoms with Crippen molar-refractivity contribution in [3.8, 4) is 0 Å². The van der Waals surface area contributed by atoms with E-state index >= 15 is 0 Å². The van der Waals surface area contributed by atoms with Crippen LogP contribution in [0.4, 0.5) is 0 Å². The van der Waals surface area contributed by atoms with Crippen LogP contribution in [0.15, 0.2) is 0 Å². The number of methoxy groups -OCH3 is 1. The highest BCUT2D eigenvalue weighted by molar-refractivity contribution is 7.98. The molecule has 5 nitrogen and oxygen atoms in total. The number of likely N-dealkylation sites (tertiary alicyclic amines) is 1. The van der Waals surface area contributed by atoms with E-state index in [-0.39, 0.29) is 5.97 Å². The van der Waals surface area contributed by atoms with E-state index < -0.39 is 6.04 Å². The molecule has 2 aliphatic rings. The first kappa shape index (κ1) is 20.3. The van der Waals surface area contributed by atoms with Gasteiger partial charge in [-0.05, 0) is 37.9 Å². The van der Waals surface area contributed by atoms with E-state index in [0.717, 1.165) is 19.5 Å². The van der Waals surface area contributed by atoms with E-state index in [1.807, 2.05) is 6.26 Å². The predicted octanol–water partition coefficient (Wildman–Crippen LogP) is 2.43. The Morgan fingerprint density at radius 2 is 1.78 bits per heavy atom. The molecule has 1 saturated heterocycles. The van der Waals surface area contributed by atoms with Crippen LogP contribution in [0.3, 0.4) is 0 Å². The van der Waals surface area contributed by atoms with Gasteiger partial charge >= 0.3 is 5.97 Å². The van der Waals surface area contributed by atoms with Crippen LogP contribution in [-0.4, -0.2) is 55.0 Å². The summed E-state index contributed by atoms with van der Waals surface area (Å²) in [6, 6.07) is -0.468. The SMILES string of the molecule is COC(=O)[C@@H](N)CSC.O=C(CC1CCCCC1)N1CCCC1. The highest BCUT2D eigenvalue weighted by atomic mass is 32.2. The Hall–Kier alpha value is -0.750. The fourth-order valence-corrected chi connectivity index (χ4v) is 3.63. The molecule has 2 rings (SSSR count). The number of amides is 1. The molecular formula is C17H32N2O3S. The van der Waals surface area contributed by atoms with Crippen LogP contribution in [0.2, 0.25) is 0 Å².